The Balaban J connectivity index is 2.00. The topological polar surface area (TPSA) is 27.6 Å². The van der Waals surface area contributed by atoms with Gasteiger partial charge >= 0.3 is 0 Å². The van der Waals surface area contributed by atoms with Gasteiger partial charge in [-0.1, -0.05) is 30.3 Å². The first-order valence-corrected chi connectivity index (χ1v) is 5.32. The number of rotatable bonds is 2. The Labute approximate surface area is 90.8 Å². The van der Waals surface area contributed by atoms with Crippen LogP contribution in [0.3, 0.4) is 0 Å². The average molecular weight is 203 g/mol. The predicted molar refractivity (Wildman–Crippen MR) is 62.8 cm³/mol. The number of likely N-dealkylation sites (N-methyl/N-ethyl adjacent to an activating group) is 1. The van der Waals surface area contributed by atoms with E-state index in [9.17, 15) is 0 Å². The highest BCUT2D eigenvalue weighted by molar-refractivity contribution is 5.82. The Bertz CT molecular complexity index is 345. The summed E-state index contributed by atoms with van der Waals surface area (Å²) in [5.41, 5.74) is 1.25. The number of nitrogens with one attached hydrogen (secondary N) is 1. The molecule has 2 rings (SSSR count). The first-order chi connectivity index (χ1) is 7.25. The van der Waals surface area contributed by atoms with Gasteiger partial charge in [-0.15, -0.1) is 0 Å². The average Bonchev–Trinajstić information content (AvgIpc) is 2.56. The van der Waals surface area contributed by atoms with Crippen LogP contribution in [-0.2, 0) is 6.54 Å². The Morgan fingerprint density at radius 1 is 1.40 bits per heavy atom. The molecule has 0 saturated carbocycles. The summed E-state index contributed by atoms with van der Waals surface area (Å²) in [6.45, 7) is 3.95. The molecule has 1 atom stereocenters. The summed E-state index contributed by atoms with van der Waals surface area (Å²) in [6, 6.07) is 10.8. The third-order valence-electron chi connectivity index (χ3n) is 2.54. The molecule has 1 unspecified atom stereocenters. The Hall–Kier alpha value is -1.51. The van der Waals surface area contributed by atoms with Gasteiger partial charge in [-0.05, 0) is 12.5 Å². The molecule has 1 saturated heterocycles. The molecule has 0 radical (unpaired) electrons. The number of hydrogen-bond acceptors (Lipinski definition) is 1. The van der Waals surface area contributed by atoms with E-state index in [0.717, 1.165) is 19.0 Å². The smallest absolute Gasteiger partial charge is 0.194 e. The highest BCUT2D eigenvalue weighted by Crippen LogP contribution is 2.04. The van der Waals surface area contributed by atoms with E-state index in [1.165, 1.54) is 5.56 Å². The first kappa shape index (κ1) is 10.0. The quantitative estimate of drug-likeness (QED) is 0.788. The van der Waals surface area contributed by atoms with Gasteiger partial charge in [0.05, 0.1) is 6.54 Å². The van der Waals surface area contributed by atoms with Crippen LogP contribution in [0.1, 0.15) is 12.5 Å². The lowest BCUT2D eigenvalue weighted by molar-refractivity contribution is 0.521. The zero-order valence-electron chi connectivity index (χ0n) is 9.27. The Kier molecular flexibility index (Phi) is 2.90. The van der Waals surface area contributed by atoms with Gasteiger partial charge in [-0.3, -0.25) is 0 Å². The SMILES string of the molecule is CC1CN(C)C(=NCc2ccccc2)N1. The summed E-state index contributed by atoms with van der Waals surface area (Å²) >= 11 is 0. The van der Waals surface area contributed by atoms with Crippen molar-refractivity contribution in [3.63, 3.8) is 0 Å². The number of guanidine groups is 1. The highest BCUT2D eigenvalue weighted by atomic mass is 15.3. The van der Waals surface area contributed by atoms with Crippen molar-refractivity contribution in [1.82, 2.24) is 10.2 Å². The molecule has 1 heterocycles. The van der Waals surface area contributed by atoms with Gasteiger partial charge in [0, 0.05) is 19.6 Å². The number of aliphatic imine (C=N–C) groups is 1. The van der Waals surface area contributed by atoms with E-state index < -0.39 is 0 Å². The van der Waals surface area contributed by atoms with Crippen LogP contribution in [0.5, 0.6) is 0 Å². The monoisotopic (exact) mass is 203 g/mol. The normalized spacial score (nSPS) is 23.2. The van der Waals surface area contributed by atoms with Crippen molar-refractivity contribution in [2.24, 2.45) is 4.99 Å². The largest absolute Gasteiger partial charge is 0.352 e. The molecule has 3 nitrogen and oxygen atoms in total. The van der Waals surface area contributed by atoms with Gasteiger partial charge in [-0.25, -0.2) is 4.99 Å². The fourth-order valence-corrected chi connectivity index (χ4v) is 1.79. The molecule has 0 amide bonds. The van der Waals surface area contributed by atoms with Crippen molar-refractivity contribution in [2.75, 3.05) is 13.6 Å². The molecule has 0 spiro atoms. The molecule has 15 heavy (non-hydrogen) atoms. The van der Waals surface area contributed by atoms with Gasteiger partial charge in [0.25, 0.3) is 0 Å². The summed E-state index contributed by atoms with van der Waals surface area (Å²) < 4.78 is 0. The molecule has 1 aromatic carbocycles. The van der Waals surface area contributed by atoms with E-state index in [2.05, 4.69) is 41.3 Å². The fraction of sp³-hybridized carbons (Fsp3) is 0.417. The summed E-state index contributed by atoms with van der Waals surface area (Å²) in [4.78, 5) is 6.72. The summed E-state index contributed by atoms with van der Waals surface area (Å²) in [5.74, 6) is 1.01. The zero-order valence-corrected chi connectivity index (χ0v) is 9.27. The van der Waals surface area contributed by atoms with Gasteiger partial charge in [-0.2, -0.15) is 0 Å². The van der Waals surface area contributed by atoms with E-state index in [1.807, 2.05) is 18.2 Å². The maximum Gasteiger partial charge on any atom is 0.194 e. The van der Waals surface area contributed by atoms with Crippen LogP contribution >= 0.6 is 0 Å². The van der Waals surface area contributed by atoms with Crippen molar-refractivity contribution in [3.8, 4) is 0 Å². The summed E-state index contributed by atoms with van der Waals surface area (Å²) in [5, 5.41) is 3.35. The molecule has 1 aliphatic heterocycles. The Morgan fingerprint density at radius 2 is 2.13 bits per heavy atom. The van der Waals surface area contributed by atoms with Gasteiger partial charge < -0.3 is 10.2 Å². The standard InChI is InChI=1S/C12H17N3/c1-10-9-15(2)12(14-10)13-8-11-6-4-3-5-7-11/h3-7,10H,8-9H2,1-2H3,(H,13,14). The molecule has 1 aromatic rings. The van der Waals surface area contributed by atoms with Crippen LogP contribution < -0.4 is 5.32 Å². The second-order valence-electron chi connectivity index (χ2n) is 4.05. The van der Waals surface area contributed by atoms with Crippen LogP contribution in [0.4, 0.5) is 0 Å². The van der Waals surface area contributed by atoms with Crippen LogP contribution in [0.15, 0.2) is 35.3 Å². The van der Waals surface area contributed by atoms with Crippen molar-refractivity contribution in [3.05, 3.63) is 35.9 Å². The summed E-state index contributed by atoms with van der Waals surface area (Å²) in [6.07, 6.45) is 0. The minimum Gasteiger partial charge on any atom is -0.352 e. The van der Waals surface area contributed by atoms with Crippen molar-refractivity contribution < 1.29 is 0 Å². The van der Waals surface area contributed by atoms with E-state index in [0.29, 0.717) is 6.04 Å². The molecule has 1 aliphatic rings. The molecule has 3 heteroatoms. The van der Waals surface area contributed by atoms with Gasteiger partial charge in [0.15, 0.2) is 5.96 Å². The van der Waals surface area contributed by atoms with Crippen LogP contribution in [0.25, 0.3) is 0 Å². The number of hydrogen-bond donors (Lipinski definition) is 1. The molecular formula is C12H17N3. The fourth-order valence-electron chi connectivity index (χ4n) is 1.79. The van der Waals surface area contributed by atoms with E-state index in [-0.39, 0.29) is 0 Å². The lowest BCUT2D eigenvalue weighted by Gasteiger charge is -2.09. The molecule has 1 N–H and O–H groups in total. The predicted octanol–water partition coefficient (Wildman–Crippen LogP) is 1.47. The second kappa shape index (κ2) is 4.34. The lowest BCUT2D eigenvalue weighted by atomic mass is 10.2. The van der Waals surface area contributed by atoms with Gasteiger partial charge in [0.1, 0.15) is 0 Å². The van der Waals surface area contributed by atoms with E-state index >= 15 is 0 Å². The minimum atomic E-state index is 0.504. The van der Waals surface area contributed by atoms with Crippen molar-refractivity contribution in [2.45, 2.75) is 19.5 Å². The Morgan fingerprint density at radius 3 is 2.73 bits per heavy atom. The third-order valence-corrected chi connectivity index (χ3v) is 2.54. The van der Waals surface area contributed by atoms with Crippen molar-refractivity contribution in [1.29, 1.82) is 0 Å². The van der Waals surface area contributed by atoms with Crippen molar-refractivity contribution >= 4 is 5.96 Å². The molecule has 0 aliphatic carbocycles. The van der Waals surface area contributed by atoms with Crippen LogP contribution in [0, 0.1) is 0 Å². The van der Waals surface area contributed by atoms with E-state index in [1.54, 1.807) is 0 Å². The first-order valence-electron chi connectivity index (χ1n) is 5.32. The second-order valence-corrected chi connectivity index (χ2v) is 4.05. The molecule has 0 aromatic heterocycles. The highest BCUT2D eigenvalue weighted by Gasteiger charge is 2.19. The van der Waals surface area contributed by atoms with Crippen LogP contribution in [0.2, 0.25) is 0 Å². The summed E-state index contributed by atoms with van der Waals surface area (Å²) in [7, 11) is 2.07. The van der Waals surface area contributed by atoms with E-state index in [4.69, 9.17) is 0 Å². The maximum atomic E-state index is 4.56. The van der Waals surface area contributed by atoms with Crippen LogP contribution in [-0.4, -0.2) is 30.5 Å². The number of benzene rings is 1. The third kappa shape index (κ3) is 2.49. The van der Waals surface area contributed by atoms with Gasteiger partial charge in [0.2, 0.25) is 0 Å². The number of nitrogens with zero attached hydrogens (tertiary/aromatic N) is 2. The maximum absolute atomic E-state index is 4.56. The molecule has 80 valence electrons. The minimum absolute atomic E-state index is 0.504. The lowest BCUT2D eigenvalue weighted by Crippen LogP contribution is -2.27. The molecule has 1 fully saturated rings. The molecule has 0 bridgehead atoms. The zero-order chi connectivity index (χ0) is 10.7. The molecular weight excluding hydrogens is 186 g/mol.